The van der Waals surface area contributed by atoms with Gasteiger partial charge in [0.25, 0.3) is 0 Å². The number of nitrogens with zero attached hydrogens (tertiary/aromatic N) is 1. The van der Waals surface area contributed by atoms with Gasteiger partial charge in [-0.1, -0.05) is 0 Å². The first kappa shape index (κ1) is 26.6. The SMILES string of the molecule is NCC(CN)C(=O)CCCN(CCCC(=O)C(CN)CN)C(=O)C(CN)CN. The topological polar surface area (TPSA) is 211 Å². The molecule has 12 N–H and O–H groups in total. The standard InChI is InChI=1S/C18H39N7O3/c19-7-13(8-20)16(26)3-1-5-25(18(28)15(11-23)12-24)6-2-4-17(27)14(9-21)10-22/h13-15H,1-12,19-24H2. The van der Waals surface area contributed by atoms with Crippen LogP contribution in [0.5, 0.6) is 0 Å². The van der Waals surface area contributed by atoms with Crippen molar-refractivity contribution in [3.05, 3.63) is 0 Å². The molecule has 0 aromatic heterocycles. The van der Waals surface area contributed by atoms with E-state index in [0.717, 1.165) is 0 Å². The Morgan fingerprint density at radius 1 is 0.571 bits per heavy atom. The highest BCUT2D eigenvalue weighted by molar-refractivity contribution is 5.82. The van der Waals surface area contributed by atoms with E-state index in [-0.39, 0.29) is 68.6 Å². The summed E-state index contributed by atoms with van der Waals surface area (Å²) in [7, 11) is 0. The molecule has 1 amide bonds. The van der Waals surface area contributed by atoms with Crippen molar-refractivity contribution in [2.24, 2.45) is 52.2 Å². The van der Waals surface area contributed by atoms with Crippen LogP contribution in [0.25, 0.3) is 0 Å². The summed E-state index contributed by atoms with van der Waals surface area (Å²) in [5.74, 6) is -1.36. The molecule has 0 fully saturated rings. The van der Waals surface area contributed by atoms with E-state index in [1.54, 1.807) is 4.90 Å². The quantitative estimate of drug-likeness (QED) is 0.147. The second kappa shape index (κ2) is 15.5. The lowest BCUT2D eigenvalue weighted by atomic mass is 9.99. The van der Waals surface area contributed by atoms with E-state index in [1.807, 2.05) is 0 Å². The molecule has 0 rings (SSSR count). The van der Waals surface area contributed by atoms with Gasteiger partial charge in [0, 0.05) is 77.0 Å². The van der Waals surface area contributed by atoms with Crippen LogP contribution in [0.15, 0.2) is 0 Å². The number of hydrogen-bond acceptors (Lipinski definition) is 9. The lowest BCUT2D eigenvalue weighted by molar-refractivity contribution is -0.136. The van der Waals surface area contributed by atoms with Gasteiger partial charge in [-0.25, -0.2) is 0 Å². The molecule has 0 aromatic rings. The summed E-state index contributed by atoms with van der Waals surface area (Å²) >= 11 is 0. The Balaban J connectivity index is 4.77. The lowest BCUT2D eigenvalue weighted by Gasteiger charge is -2.27. The normalized spacial score (nSPS) is 11.5. The minimum Gasteiger partial charge on any atom is -0.342 e. The summed E-state index contributed by atoms with van der Waals surface area (Å²) in [5, 5.41) is 0. The van der Waals surface area contributed by atoms with Crippen LogP contribution in [-0.2, 0) is 14.4 Å². The van der Waals surface area contributed by atoms with Crippen molar-refractivity contribution in [2.45, 2.75) is 25.7 Å². The average molecular weight is 402 g/mol. The van der Waals surface area contributed by atoms with Gasteiger partial charge in [0.1, 0.15) is 11.6 Å². The molecule has 164 valence electrons. The zero-order valence-electron chi connectivity index (χ0n) is 16.9. The minimum atomic E-state index is -0.479. The van der Waals surface area contributed by atoms with Crippen LogP contribution < -0.4 is 34.4 Å². The fourth-order valence-electron chi connectivity index (χ4n) is 2.90. The molecule has 10 heteroatoms. The zero-order chi connectivity index (χ0) is 21.5. The fraction of sp³-hybridized carbons (Fsp3) is 0.833. The summed E-state index contributed by atoms with van der Waals surface area (Å²) in [6.07, 6.45) is 1.57. The number of ketones is 2. The van der Waals surface area contributed by atoms with Crippen molar-refractivity contribution >= 4 is 17.5 Å². The van der Waals surface area contributed by atoms with E-state index < -0.39 is 5.92 Å². The molecule has 0 unspecified atom stereocenters. The second-order valence-electron chi connectivity index (χ2n) is 6.97. The predicted molar refractivity (Wildman–Crippen MR) is 110 cm³/mol. The van der Waals surface area contributed by atoms with E-state index >= 15 is 0 Å². The molecule has 0 heterocycles. The summed E-state index contributed by atoms with van der Waals surface area (Å²) in [4.78, 5) is 38.4. The molecule has 10 nitrogen and oxygen atoms in total. The van der Waals surface area contributed by atoms with Gasteiger partial charge >= 0.3 is 0 Å². The third-order valence-corrected chi connectivity index (χ3v) is 4.98. The van der Waals surface area contributed by atoms with E-state index in [0.29, 0.717) is 38.8 Å². The van der Waals surface area contributed by atoms with Crippen LogP contribution in [0, 0.1) is 17.8 Å². The molecule has 0 aliphatic heterocycles. The average Bonchev–Trinajstić information content (AvgIpc) is 2.69. The summed E-state index contributed by atoms with van der Waals surface area (Å²) in [6, 6.07) is 0. The Hall–Kier alpha value is -1.43. The van der Waals surface area contributed by atoms with Gasteiger partial charge in [-0.05, 0) is 12.8 Å². The van der Waals surface area contributed by atoms with Crippen LogP contribution in [0.3, 0.4) is 0 Å². The second-order valence-corrected chi connectivity index (χ2v) is 6.97. The predicted octanol–water partition coefficient (Wildman–Crippen LogP) is -2.89. The van der Waals surface area contributed by atoms with E-state index in [1.165, 1.54) is 0 Å². The van der Waals surface area contributed by atoms with Crippen molar-refractivity contribution in [3.8, 4) is 0 Å². The van der Waals surface area contributed by atoms with Gasteiger partial charge in [-0.15, -0.1) is 0 Å². The van der Waals surface area contributed by atoms with Gasteiger partial charge in [0.2, 0.25) is 5.91 Å². The van der Waals surface area contributed by atoms with Crippen molar-refractivity contribution in [1.29, 1.82) is 0 Å². The summed E-state index contributed by atoms with van der Waals surface area (Å²) in [6.45, 7) is 1.92. The largest absolute Gasteiger partial charge is 0.342 e. The third-order valence-electron chi connectivity index (χ3n) is 4.98. The van der Waals surface area contributed by atoms with Crippen LogP contribution in [0.2, 0.25) is 0 Å². The third kappa shape index (κ3) is 9.18. The molecule has 28 heavy (non-hydrogen) atoms. The van der Waals surface area contributed by atoms with Gasteiger partial charge in [-0.2, -0.15) is 0 Å². The monoisotopic (exact) mass is 401 g/mol. The molecular weight excluding hydrogens is 362 g/mol. The number of hydrogen-bond donors (Lipinski definition) is 6. The number of carbonyl (C=O) groups excluding carboxylic acids is 3. The molecule has 0 saturated carbocycles. The van der Waals surface area contributed by atoms with Gasteiger partial charge in [0.15, 0.2) is 0 Å². The first-order valence-corrected chi connectivity index (χ1v) is 9.94. The minimum absolute atomic E-state index is 0.00416. The molecule has 0 bridgehead atoms. The summed E-state index contributed by atoms with van der Waals surface area (Å²) in [5.41, 5.74) is 33.4. The summed E-state index contributed by atoms with van der Waals surface area (Å²) < 4.78 is 0. The van der Waals surface area contributed by atoms with Crippen LogP contribution in [-0.4, -0.2) is 74.7 Å². The molecule has 0 aromatic carbocycles. The number of rotatable bonds is 17. The zero-order valence-corrected chi connectivity index (χ0v) is 16.9. The van der Waals surface area contributed by atoms with Crippen molar-refractivity contribution in [1.82, 2.24) is 4.90 Å². The highest BCUT2D eigenvalue weighted by atomic mass is 16.2. The maximum absolute atomic E-state index is 12.7. The van der Waals surface area contributed by atoms with Crippen LogP contribution in [0.4, 0.5) is 0 Å². The number of amides is 1. The Morgan fingerprint density at radius 3 is 1.18 bits per heavy atom. The van der Waals surface area contributed by atoms with E-state index in [4.69, 9.17) is 34.4 Å². The van der Waals surface area contributed by atoms with Crippen LogP contribution in [0.1, 0.15) is 25.7 Å². The van der Waals surface area contributed by atoms with Crippen molar-refractivity contribution in [2.75, 3.05) is 52.4 Å². The molecule has 0 saturated heterocycles. The van der Waals surface area contributed by atoms with Gasteiger partial charge in [0.05, 0.1) is 5.92 Å². The van der Waals surface area contributed by atoms with Crippen LogP contribution >= 0.6 is 0 Å². The Morgan fingerprint density at radius 2 is 0.893 bits per heavy atom. The molecule has 0 spiro atoms. The molecule has 0 aliphatic rings. The first-order valence-electron chi connectivity index (χ1n) is 9.94. The number of carbonyl (C=O) groups is 3. The molecule has 0 radical (unpaired) electrons. The molecule has 0 atom stereocenters. The number of nitrogens with two attached hydrogens (primary N) is 6. The molecular formula is C18H39N7O3. The van der Waals surface area contributed by atoms with E-state index in [9.17, 15) is 14.4 Å². The molecule has 0 aliphatic carbocycles. The Kier molecular flexibility index (Phi) is 14.7. The van der Waals surface area contributed by atoms with Gasteiger partial charge < -0.3 is 39.3 Å². The first-order chi connectivity index (χ1) is 13.4. The highest BCUT2D eigenvalue weighted by Gasteiger charge is 2.23. The highest BCUT2D eigenvalue weighted by Crippen LogP contribution is 2.09. The smallest absolute Gasteiger partial charge is 0.228 e. The maximum atomic E-state index is 12.7. The lowest BCUT2D eigenvalue weighted by Crippen LogP contribution is -2.43. The van der Waals surface area contributed by atoms with Crippen molar-refractivity contribution in [3.63, 3.8) is 0 Å². The fourth-order valence-corrected chi connectivity index (χ4v) is 2.90. The van der Waals surface area contributed by atoms with Crippen molar-refractivity contribution < 1.29 is 14.4 Å². The van der Waals surface area contributed by atoms with Gasteiger partial charge in [-0.3, -0.25) is 14.4 Å². The number of Topliss-reactive ketones (excluding diaryl/α,β-unsaturated/α-hetero) is 2. The maximum Gasteiger partial charge on any atom is 0.228 e. The Labute approximate surface area is 167 Å². The Bertz CT molecular complexity index is 434. The van der Waals surface area contributed by atoms with E-state index in [2.05, 4.69) is 0 Å².